The first-order chi connectivity index (χ1) is 7.76. The van der Waals surface area contributed by atoms with Gasteiger partial charge >= 0.3 is 0 Å². The van der Waals surface area contributed by atoms with Gasteiger partial charge in [0.1, 0.15) is 0 Å². The van der Waals surface area contributed by atoms with Crippen molar-refractivity contribution in [2.45, 2.75) is 68.4 Å². The van der Waals surface area contributed by atoms with Gasteiger partial charge in [0, 0.05) is 12.6 Å². The van der Waals surface area contributed by atoms with Crippen molar-refractivity contribution in [2.24, 2.45) is 28.1 Å². The third kappa shape index (κ3) is 3.10. The molecule has 0 spiro atoms. The molecule has 108 valence electrons. The van der Waals surface area contributed by atoms with Crippen LogP contribution in [-0.4, -0.2) is 24.5 Å². The fourth-order valence-electron chi connectivity index (χ4n) is 4.12. The molecule has 0 aromatic carbocycles. The standard InChI is InChI=1S/C17H35N/c1-15(2,3)12-11-18(10)14(17(7,8)9)13(12)16(4,5)6/h12-14H,11H2,1-10H3. The lowest BCUT2D eigenvalue weighted by Crippen LogP contribution is -2.46. The van der Waals surface area contributed by atoms with Crippen molar-refractivity contribution < 1.29 is 0 Å². The molecule has 0 N–H and O–H groups in total. The Morgan fingerprint density at radius 3 is 1.44 bits per heavy atom. The van der Waals surface area contributed by atoms with Crippen LogP contribution in [0.25, 0.3) is 0 Å². The lowest BCUT2D eigenvalue weighted by Gasteiger charge is -2.46. The first kappa shape index (κ1) is 16.0. The molecule has 1 heteroatoms. The van der Waals surface area contributed by atoms with Crippen LogP contribution in [0.1, 0.15) is 62.3 Å². The quantitative estimate of drug-likeness (QED) is 0.606. The predicted octanol–water partition coefficient (Wildman–Crippen LogP) is 4.67. The highest BCUT2D eigenvalue weighted by Crippen LogP contribution is 2.52. The smallest absolute Gasteiger partial charge is 0.0177 e. The van der Waals surface area contributed by atoms with E-state index in [0.717, 1.165) is 11.8 Å². The minimum atomic E-state index is 0.354. The van der Waals surface area contributed by atoms with Crippen molar-refractivity contribution in [2.75, 3.05) is 13.6 Å². The second kappa shape index (κ2) is 4.51. The maximum absolute atomic E-state index is 2.62. The van der Waals surface area contributed by atoms with Gasteiger partial charge in [-0.1, -0.05) is 62.3 Å². The summed E-state index contributed by atoms with van der Waals surface area (Å²) in [4.78, 5) is 2.62. The largest absolute Gasteiger partial charge is 0.302 e. The molecule has 1 aliphatic heterocycles. The summed E-state index contributed by atoms with van der Waals surface area (Å²) in [6.45, 7) is 23.0. The Morgan fingerprint density at radius 2 is 1.17 bits per heavy atom. The molecule has 1 heterocycles. The van der Waals surface area contributed by atoms with Crippen LogP contribution in [0.2, 0.25) is 0 Å². The molecule has 1 rings (SSSR count). The fraction of sp³-hybridized carbons (Fsp3) is 1.00. The summed E-state index contributed by atoms with van der Waals surface area (Å²) >= 11 is 0. The summed E-state index contributed by atoms with van der Waals surface area (Å²) in [5.41, 5.74) is 1.12. The van der Waals surface area contributed by atoms with Crippen LogP contribution in [0.4, 0.5) is 0 Å². The van der Waals surface area contributed by atoms with Gasteiger partial charge in [-0.3, -0.25) is 0 Å². The van der Waals surface area contributed by atoms with Gasteiger partial charge in [-0.25, -0.2) is 0 Å². The Hall–Kier alpha value is -0.0400. The number of likely N-dealkylation sites (tertiary alicyclic amines) is 1. The van der Waals surface area contributed by atoms with E-state index in [2.05, 4.69) is 74.3 Å². The molecule has 1 saturated heterocycles. The average molecular weight is 253 g/mol. The van der Waals surface area contributed by atoms with Gasteiger partial charge in [0.2, 0.25) is 0 Å². The SMILES string of the molecule is CN1CC(C(C)(C)C)C(C(C)(C)C)C1C(C)(C)C. The van der Waals surface area contributed by atoms with Gasteiger partial charge in [-0.05, 0) is 35.1 Å². The van der Waals surface area contributed by atoms with Gasteiger partial charge in [-0.15, -0.1) is 0 Å². The van der Waals surface area contributed by atoms with Crippen LogP contribution in [0.15, 0.2) is 0 Å². The zero-order valence-electron chi connectivity index (χ0n) is 14.4. The first-order valence-corrected chi connectivity index (χ1v) is 7.46. The van der Waals surface area contributed by atoms with Gasteiger partial charge < -0.3 is 4.90 Å². The highest BCUT2D eigenvalue weighted by Gasteiger charge is 2.52. The molecule has 18 heavy (non-hydrogen) atoms. The minimum Gasteiger partial charge on any atom is -0.302 e. The Balaban J connectivity index is 3.21. The monoisotopic (exact) mass is 253 g/mol. The number of hydrogen-bond donors (Lipinski definition) is 0. The van der Waals surface area contributed by atoms with Crippen molar-refractivity contribution in [3.8, 4) is 0 Å². The molecule has 0 amide bonds. The molecule has 0 saturated carbocycles. The highest BCUT2D eigenvalue weighted by atomic mass is 15.2. The first-order valence-electron chi connectivity index (χ1n) is 7.46. The van der Waals surface area contributed by atoms with Crippen LogP contribution >= 0.6 is 0 Å². The van der Waals surface area contributed by atoms with E-state index in [0.29, 0.717) is 22.3 Å². The molecule has 0 aromatic heterocycles. The van der Waals surface area contributed by atoms with Gasteiger partial charge in [0.15, 0.2) is 0 Å². The van der Waals surface area contributed by atoms with E-state index in [1.54, 1.807) is 0 Å². The normalized spacial score (nSPS) is 32.0. The maximum Gasteiger partial charge on any atom is 0.0177 e. The molecule has 0 aromatic rings. The molecule has 0 bridgehead atoms. The van der Waals surface area contributed by atoms with E-state index in [9.17, 15) is 0 Å². The van der Waals surface area contributed by atoms with Crippen molar-refractivity contribution in [3.05, 3.63) is 0 Å². The summed E-state index contributed by atoms with van der Waals surface area (Å²) in [5, 5.41) is 0. The Bertz CT molecular complexity index is 284. The van der Waals surface area contributed by atoms with Gasteiger partial charge in [0.05, 0.1) is 0 Å². The topological polar surface area (TPSA) is 3.24 Å². The summed E-state index contributed by atoms with van der Waals surface area (Å²) in [6, 6.07) is 0.682. The summed E-state index contributed by atoms with van der Waals surface area (Å²) in [6.07, 6.45) is 0. The molecule has 0 aliphatic carbocycles. The van der Waals surface area contributed by atoms with E-state index in [1.807, 2.05) is 0 Å². The summed E-state index contributed by atoms with van der Waals surface area (Å²) in [5.74, 6) is 1.55. The number of hydrogen-bond acceptors (Lipinski definition) is 1. The third-order valence-electron chi connectivity index (χ3n) is 4.73. The van der Waals surface area contributed by atoms with Crippen LogP contribution in [0, 0.1) is 28.1 Å². The van der Waals surface area contributed by atoms with Crippen LogP contribution in [0.5, 0.6) is 0 Å². The van der Waals surface area contributed by atoms with Crippen LogP contribution in [-0.2, 0) is 0 Å². The zero-order valence-corrected chi connectivity index (χ0v) is 14.4. The van der Waals surface area contributed by atoms with Crippen molar-refractivity contribution in [3.63, 3.8) is 0 Å². The maximum atomic E-state index is 2.62. The highest BCUT2D eigenvalue weighted by molar-refractivity contribution is 5.04. The minimum absolute atomic E-state index is 0.354. The Morgan fingerprint density at radius 1 is 0.722 bits per heavy atom. The molecular weight excluding hydrogens is 218 g/mol. The second-order valence-corrected chi connectivity index (χ2v) is 9.61. The summed E-state index contributed by atoms with van der Waals surface area (Å²) in [7, 11) is 2.32. The Kier molecular flexibility index (Phi) is 4.01. The third-order valence-corrected chi connectivity index (χ3v) is 4.73. The Labute approximate surface area is 115 Å². The predicted molar refractivity (Wildman–Crippen MR) is 81.8 cm³/mol. The fourth-order valence-corrected chi connectivity index (χ4v) is 4.12. The second-order valence-electron chi connectivity index (χ2n) is 9.61. The molecule has 1 nitrogen and oxygen atoms in total. The molecule has 3 unspecified atom stereocenters. The van der Waals surface area contributed by atoms with E-state index < -0.39 is 0 Å². The average Bonchev–Trinajstić information content (AvgIpc) is 2.39. The van der Waals surface area contributed by atoms with E-state index >= 15 is 0 Å². The van der Waals surface area contributed by atoms with Crippen molar-refractivity contribution in [1.82, 2.24) is 4.90 Å². The summed E-state index contributed by atoms with van der Waals surface area (Å²) < 4.78 is 0. The van der Waals surface area contributed by atoms with E-state index in [4.69, 9.17) is 0 Å². The van der Waals surface area contributed by atoms with Crippen LogP contribution in [0.3, 0.4) is 0 Å². The van der Waals surface area contributed by atoms with Crippen LogP contribution < -0.4 is 0 Å². The zero-order chi connectivity index (χ0) is 14.5. The molecular formula is C17H35N. The van der Waals surface area contributed by atoms with E-state index in [1.165, 1.54) is 6.54 Å². The molecule has 3 atom stereocenters. The molecule has 1 aliphatic rings. The van der Waals surface area contributed by atoms with E-state index in [-0.39, 0.29) is 0 Å². The van der Waals surface area contributed by atoms with Crippen molar-refractivity contribution in [1.29, 1.82) is 0 Å². The lowest BCUT2D eigenvalue weighted by atomic mass is 9.60. The number of rotatable bonds is 0. The number of nitrogens with zero attached hydrogens (tertiary/aromatic N) is 1. The van der Waals surface area contributed by atoms with Gasteiger partial charge in [0.25, 0.3) is 0 Å². The van der Waals surface area contributed by atoms with Gasteiger partial charge in [-0.2, -0.15) is 0 Å². The molecule has 0 radical (unpaired) electrons. The van der Waals surface area contributed by atoms with Crippen molar-refractivity contribution >= 4 is 0 Å². The lowest BCUT2D eigenvalue weighted by molar-refractivity contribution is 0.0445. The molecule has 1 fully saturated rings.